The first-order valence-corrected chi connectivity index (χ1v) is 17.4. The smallest absolute Gasteiger partial charge is 0.139 e. The standard InChI is InChI=1S/C47H30N4/c1-6-19-41-34(14-1)39-26-27-40(48-47(39)49-41)31-13-11-12-30(28-31)33-25-24-32(50-42-20-7-2-15-35(42)36-16-3-8-21-43(36)50)29-46(33)51-44-22-9-4-17-37(44)38-18-5-10-23-45(38)51/h1-29H,(H,48,49). The number of hydrogen-bond donors (Lipinski definition) is 1. The van der Waals surface area contributed by atoms with E-state index in [1.54, 1.807) is 0 Å². The number of fused-ring (bicyclic) bond motifs is 9. The van der Waals surface area contributed by atoms with Crippen LogP contribution in [0.3, 0.4) is 0 Å². The molecule has 4 nitrogen and oxygen atoms in total. The minimum absolute atomic E-state index is 0.903. The highest BCUT2D eigenvalue weighted by molar-refractivity contribution is 6.11. The van der Waals surface area contributed by atoms with E-state index in [9.17, 15) is 0 Å². The molecule has 0 radical (unpaired) electrons. The first-order chi connectivity index (χ1) is 25.3. The van der Waals surface area contributed by atoms with E-state index < -0.39 is 0 Å². The SMILES string of the molecule is c1cc(-c2ccc3c(n2)[nH]c2ccccc23)cc(-c2ccc(-n3c4ccccc4c4ccccc43)cc2-n2c3ccccc3c3ccccc32)c1. The van der Waals surface area contributed by atoms with Crippen LogP contribution in [-0.2, 0) is 0 Å². The Hall–Kier alpha value is -6.91. The van der Waals surface area contributed by atoms with Crippen molar-refractivity contribution in [3.05, 3.63) is 176 Å². The molecule has 238 valence electrons. The molecule has 0 aliphatic carbocycles. The van der Waals surface area contributed by atoms with Crippen molar-refractivity contribution in [1.82, 2.24) is 19.1 Å². The Bertz CT molecular complexity index is 3050. The Morgan fingerprint density at radius 1 is 0.392 bits per heavy atom. The first-order valence-electron chi connectivity index (χ1n) is 17.4. The van der Waals surface area contributed by atoms with Gasteiger partial charge in [0.15, 0.2) is 0 Å². The lowest BCUT2D eigenvalue weighted by molar-refractivity contribution is 1.14. The Labute approximate surface area is 293 Å². The molecule has 0 unspecified atom stereocenters. The molecule has 4 heterocycles. The maximum atomic E-state index is 5.11. The normalized spacial score (nSPS) is 11.9. The molecule has 0 spiro atoms. The van der Waals surface area contributed by atoms with Crippen LogP contribution in [0.15, 0.2) is 176 Å². The lowest BCUT2D eigenvalue weighted by atomic mass is 9.99. The van der Waals surface area contributed by atoms with Gasteiger partial charge >= 0.3 is 0 Å². The Morgan fingerprint density at radius 2 is 0.941 bits per heavy atom. The van der Waals surface area contributed by atoms with Crippen LogP contribution >= 0.6 is 0 Å². The van der Waals surface area contributed by atoms with Gasteiger partial charge in [0, 0.05) is 54.6 Å². The van der Waals surface area contributed by atoms with E-state index in [1.165, 1.54) is 49.0 Å². The summed E-state index contributed by atoms with van der Waals surface area (Å²) in [5.74, 6) is 0. The fourth-order valence-corrected chi connectivity index (χ4v) is 8.20. The Balaban J connectivity index is 1.17. The van der Waals surface area contributed by atoms with E-state index in [0.29, 0.717) is 0 Å². The first kappa shape index (κ1) is 28.0. The molecular weight excluding hydrogens is 621 g/mol. The van der Waals surface area contributed by atoms with Crippen LogP contribution in [0.4, 0.5) is 0 Å². The third-order valence-corrected chi connectivity index (χ3v) is 10.5. The van der Waals surface area contributed by atoms with Gasteiger partial charge in [-0.25, -0.2) is 4.98 Å². The van der Waals surface area contributed by atoms with Crippen molar-refractivity contribution in [1.29, 1.82) is 0 Å². The van der Waals surface area contributed by atoms with Crippen molar-refractivity contribution in [2.45, 2.75) is 0 Å². The topological polar surface area (TPSA) is 38.5 Å². The van der Waals surface area contributed by atoms with Gasteiger partial charge in [0.2, 0.25) is 0 Å². The molecule has 0 fully saturated rings. The molecule has 0 aliphatic heterocycles. The number of aromatic nitrogens is 4. The summed E-state index contributed by atoms with van der Waals surface area (Å²) >= 11 is 0. The predicted octanol–water partition coefficient (Wildman–Crippen LogP) is 12.2. The summed E-state index contributed by atoms with van der Waals surface area (Å²) in [7, 11) is 0. The fourth-order valence-electron chi connectivity index (χ4n) is 8.20. The molecule has 0 saturated heterocycles. The van der Waals surface area contributed by atoms with Crippen molar-refractivity contribution in [2.75, 3.05) is 0 Å². The zero-order valence-electron chi connectivity index (χ0n) is 27.6. The number of nitrogens with zero attached hydrogens (tertiary/aromatic N) is 3. The minimum Gasteiger partial charge on any atom is -0.339 e. The van der Waals surface area contributed by atoms with E-state index >= 15 is 0 Å². The average Bonchev–Trinajstić information content (AvgIpc) is 3.85. The van der Waals surface area contributed by atoms with Gasteiger partial charge in [-0.2, -0.15) is 0 Å². The number of pyridine rings is 1. The summed E-state index contributed by atoms with van der Waals surface area (Å²) < 4.78 is 4.85. The molecule has 4 aromatic heterocycles. The molecule has 0 amide bonds. The van der Waals surface area contributed by atoms with Gasteiger partial charge in [-0.15, -0.1) is 0 Å². The van der Waals surface area contributed by atoms with Crippen molar-refractivity contribution in [3.63, 3.8) is 0 Å². The van der Waals surface area contributed by atoms with Crippen LogP contribution < -0.4 is 0 Å². The number of para-hydroxylation sites is 5. The second-order valence-corrected chi connectivity index (χ2v) is 13.3. The maximum absolute atomic E-state index is 5.11. The number of H-pyrrole nitrogens is 1. The van der Waals surface area contributed by atoms with Crippen LogP contribution in [0.2, 0.25) is 0 Å². The highest BCUT2D eigenvalue weighted by Gasteiger charge is 2.19. The third kappa shape index (κ3) is 4.17. The number of benzene rings is 7. The van der Waals surface area contributed by atoms with E-state index in [0.717, 1.165) is 50.3 Å². The van der Waals surface area contributed by atoms with Crippen LogP contribution in [0.1, 0.15) is 0 Å². The molecule has 11 aromatic rings. The second kappa shape index (κ2) is 10.8. The molecule has 4 heteroatoms. The lowest BCUT2D eigenvalue weighted by Crippen LogP contribution is -2.01. The third-order valence-electron chi connectivity index (χ3n) is 10.5. The van der Waals surface area contributed by atoms with Gasteiger partial charge in [-0.05, 0) is 66.2 Å². The Morgan fingerprint density at radius 3 is 1.59 bits per heavy atom. The van der Waals surface area contributed by atoms with Crippen LogP contribution in [0.5, 0.6) is 0 Å². The van der Waals surface area contributed by atoms with E-state index in [1.807, 2.05) is 0 Å². The summed E-state index contributed by atoms with van der Waals surface area (Å²) in [4.78, 5) is 8.64. The molecular formula is C47H30N4. The fraction of sp³-hybridized carbons (Fsp3) is 0. The summed E-state index contributed by atoms with van der Waals surface area (Å²) in [5.41, 5.74) is 13.3. The number of aromatic amines is 1. The molecule has 11 rings (SSSR count). The number of rotatable bonds is 4. The zero-order chi connectivity index (χ0) is 33.5. The monoisotopic (exact) mass is 650 g/mol. The van der Waals surface area contributed by atoms with E-state index in [4.69, 9.17) is 4.98 Å². The molecule has 0 saturated carbocycles. The summed E-state index contributed by atoms with van der Waals surface area (Å²) in [6.07, 6.45) is 0. The summed E-state index contributed by atoms with van der Waals surface area (Å²) in [5, 5.41) is 7.32. The van der Waals surface area contributed by atoms with Crippen molar-refractivity contribution in [3.8, 4) is 33.8 Å². The molecule has 0 aliphatic rings. The minimum atomic E-state index is 0.903. The van der Waals surface area contributed by atoms with Crippen LogP contribution in [-0.4, -0.2) is 19.1 Å². The quantitative estimate of drug-likeness (QED) is 0.202. The lowest BCUT2D eigenvalue weighted by Gasteiger charge is -2.18. The molecule has 0 bridgehead atoms. The largest absolute Gasteiger partial charge is 0.339 e. The highest BCUT2D eigenvalue weighted by Crippen LogP contribution is 2.40. The van der Waals surface area contributed by atoms with Gasteiger partial charge in [-0.3, -0.25) is 0 Å². The molecule has 7 aromatic carbocycles. The van der Waals surface area contributed by atoms with Crippen molar-refractivity contribution >= 4 is 65.5 Å². The summed E-state index contributed by atoms with van der Waals surface area (Å²) in [6, 6.07) is 63.4. The van der Waals surface area contributed by atoms with Gasteiger partial charge in [0.05, 0.1) is 33.4 Å². The number of hydrogen-bond acceptors (Lipinski definition) is 1. The van der Waals surface area contributed by atoms with Crippen molar-refractivity contribution in [2.24, 2.45) is 0 Å². The second-order valence-electron chi connectivity index (χ2n) is 13.3. The van der Waals surface area contributed by atoms with Gasteiger partial charge < -0.3 is 14.1 Å². The Kier molecular flexibility index (Phi) is 5.92. The molecule has 1 N–H and O–H groups in total. The molecule has 51 heavy (non-hydrogen) atoms. The van der Waals surface area contributed by atoms with E-state index in [2.05, 4.69) is 190 Å². The van der Waals surface area contributed by atoms with Crippen molar-refractivity contribution < 1.29 is 0 Å². The van der Waals surface area contributed by atoms with Gasteiger partial charge in [0.25, 0.3) is 0 Å². The van der Waals surface area contributed by atoms with Crippen LogP contribution in [0.25, 0.3) is 99.3 Å². The van der Waals surface area contributed by atoms with Crippen LogP contribution in [0, 0.1) is 0 Å². The van der Waals surface area contributed by atoms with Gasteiger partial charge in [-0.1, -0.05) is 115 Å². The van der Waals surface area contributed by atoms with E-state index in [-0.39, 0.29) is 0 Å². The average molecular weight is 651 g/mol. The predicted molar refractivity (Wildman–Crippen MR) is 213 cm³/mol. The number of nitrogens with one attached hydrogen (secondary N) is 1. The van der Waals surface area contributed by atoms with Gasteiger partial charge in [0.1, 0.15) is 5.65 Å². The maximum Gasteiger partial charge on any atom is 0.139 e. The summed E-state index contributed by atoms with van der Waals surface area (Å²) in [6.45, 7) is 0. The molecule has 0 atom stereocenters. The zero-order valence-corrected chi connectivity index (χ0v) is 27.6. The highest BCUT2D eigenvalue weighted by atomic mass is 15.0.